The molecule has 0 radical (unpaired) electrons. The number of halogens is 1. The lowest BCUT2D eigenvalue weighted by Gasteiger charge is -1.93. The number of ketones is 1. The van der Waals surface area contributed by atoms with Crippen LogP contribution in [0, 0.1) is 5.41 Å². The van der Waals surface area contributed by atoms with Crippen LogP contribution < -0.4 is 5.32 Å². The number of hydrogen-bond acceptors (Lipinski definition) is 3. The van der Waals surface area contributed by atoms with Crippen LogP contribution in [0.15, 0.2) is 11.2 Å². The standard InChI is InChI=1S/C6H9ClN2O/c1-5(10)3-9-4-6(7)2-8/h2,4,8-9H,3H2,1H3/b6-4+,8-2?. The number of hydrogen-bond donors (Lipinski definition) is 2. The maximum absolute atomic E-state index is 10.3. The quantitative estimate of drug-likeness (QED) is 0.601. The van der Waals surface area contributed by atoms with Crippen LogP contribution in [0.1, 0.15) is 6.92 Å². The Bertz CT molecular complexity index is 165. The number of nitrogens with one attached hydrogen (secondary N) is 2. The van der Waals surface area contributed by atoms with Crippen LogP contribution in [0.3, 0.4) is 0 Å². The number of allylic oxidation sites excluding steroid dienone is 1. The third-order valence-corrected chi connectivity index (χ3v) is 0.947. The zero-order valence-corrected chi connectivity index (χ0v) is 6.40. The Kier molecular flexibility index (Phi) is 4.58. The monoisotopic (exact) mass is 160 g/mol. The van der Waals surface area contributed by atoms with Crippen molar-refractivity contribution in [3.05, 3.63) is 11.2 Å². The van der Waals surface area contributed by atoms with Crippen molar-refractivity contribution in [1.29, 1.82) is 5.41 Å². The van der Waals surface area contributed by atoms with Gasteiger partial charge in [0.2, 0.25) is 0 Å². The second-order valence-corrected chi connectivity index (χ2v) is 2.19. The highest BCUT2D eigenvalue weighted by Gasteiger charge is 1.87. The Morgan fingerprint density at radius 2 is 2.40 bits per heavy atom. The zero-order chi connectivity index (χ0) is 7.98. The van der Waals surface area contributed by atoms with E-state index in [-0.39, 0.29) is 17.4 Å². The van der Waals surface area contributed by atoms with Crippen molar-refractivity contribution in [2.24, 2.45) is 0 Å². The molecular weight excluding hydrogens is 152 g/mol. The zero-order valence-electron chi connectivity index (χ0n) is 5.65. The molecule has 0 amide bonds. The molecule has 0 rings (SSSR count). The molecule has 0 aromatic rings. The van der Waals surface area contributed by atoms with E-state index >= 15 is 0 Å². The summed E-state index contributed by atoms with van der Waals surface area (Å²) in [6.45, 7) is 1.73. The molecule has 0 saturated heterocycles. The van der Waals surface area contributed by atoms with Crippen LogP contribution in [0.25, 0.3) is 0 Å². The molecular formula is C6H9ClN2O. The van der Waals surface area contributed by atoms with Crippen LogP contribution >= 0.6 is 11.6 Å². The minimum absolute atomic E-state index is 0.0331. The minimum Gasteiger partial charge on any atom is -0.383 e. The van der Waals surface area contributed by atoms with Gasteiger partial charge in [-0.3, -0.25) is 4.79 Å². The maximum Gasteiger partial charge on any atom is 0.148 e. The van der Waals surface area contributed by atoms with Crippen molar-refractivity contribution in [1.82, 2.24) is 5.32 Å². The third-order valence-electron chi connectivity index (χ3n) is 0.729. The Hall–Kier alpha value is -0.830. The average Bonchev–Trinajstić information content (AvgIpc) is 1.87. The summed E-state index contributed by atoms with van der Waals surface area (Å²) in [4.78, 5) is 10.3. The van der Waals surface area contributed by atoms with Gasteiger partial charge in [-0.15, -0.1) is 0 Å². The van der Waals surface area contributed by atoms with E-state index in [9.17, 15) is 4.79 Å². The fraction of sp³-hybridized carbons (Fsp3) is 0.333. The third kappa shape index (κ3) is 5.31. The number of carbonyl (C=O) groups excluding carboxylic acids is 1. The molecule has 0 aliphatic carbocycles. The van der Waals surface area contributed by atoms with E-state index in [4.69, 9.17) is 17.0 Å². The summed E-state index contributed by atoms with van der Waals surface area (Å²) in [7, 11) is 0. The first kappa shape index (κ1) is 9.17. The highest BCUT2D eigenvalue weighted by molar-refractivity contribution is 6.38. The molecule has 0 fully saturated rings. The van der Waals surface area contributed by atoms with E-state index < -0.39 is 0 Å². The normalized spacial score (nSPS) is 10.8. The van der Waals surface area contributed by atoms with Gasteiger partial charge in [-0.25, -0.2) is 0 Å². The second-order valence-electron chi connectivity index (χ2n) is 1.76. The van der Waals surface area contributed by atoms with Crippen LogP contribution in [-0.2, 0) is 4.79 Å². The number of Topliss-reactive ketones (excluding diaryl/α,β-unsaturated/α-hetero) is 1. The van der Waals surface area contributed by atoms with Crippen molar-refractivity contribution in [2.45, 2.75) is 6.92 Å². The van der Waals surface area contributed by atoms with E-state index in [1.807, 2.05) is 0 Å². The lowest BCUT2D eigenvalue weighted by Crippen LogP contribution is -2.14. The van der Waals surface area contributed by atoms with Crippen molar-refractivity contribution >= 4 is 23.6 Å². The van der Waals surface area contributed by atoms with Crippen molar-refractivity contribution in [2.75, 3.05) is 6.54 Å². The van der Waals surface area contributed by atoms with E-state index in [2.05, 4.69) is 5.32 Å². The molecule has 2 N–H and O–H groups in total. The molecule has 0 atom stereocenters. The summed E-state index contributed by atoms with van der Waals surface area (Å²) in [5.74, 6) is 0.0331. The van der Waals surface area contributed by atoms with E-state index in [0.717, 1.165) is 6.21 Å². The molecule has 0 aromatic carbocycles. The summed E-state index contributed by atoms with van der Waals surface area (Å²) in [5.41, 5.74) is 0. The molecule has 3 nitrogen and oxygen atoms in total. The summed E-state index contributed by atoms with van der Waals surface area (Å²) in [6, 6.07) is 0. The fourth-order valence-electron chi connectivity index (χ4n) is 0.334. The lowest BCUT2D eigenvalue weighted by molar-refractivity contribution is -0.116. The molecule has 0 aliphatic heterocycles. The molecule has 4 heteroatoms. The predicted octanol–water partition coefficient (Wildman–Crippen LogP) is 0.895. The largest absolute Gasteiger partial charge is 0.383 e. The van der Waals surface area contributed by atoms with Gasteiger partial charge in [-0.1, -0.05) is 11.6 Å². The minimum atomic E-state index is 0.0331. The lowest BCUT2D eigenvalue weighted by atomic mass is 10.4. The van der Waals surface area contributed by atoms with Crippen LogP contribution in [0.5, 0.6) is 0 Å². The Morgan fingerprint density at radius 3 is 2.80 bits per heavy atom. The van der Waals surface area contributed by atoms with Gasteiger partial charge in [0.05, 0.1) is 11.6 Å². The molecule has 0 bridgehead atoms. The molecule has 0 aliphatic rings. The topological polar surface area (TPSA) is 53.0 Å². The first-order valence-electron chi connectivity index (χ1n) is 2.75. The highest BCUT2D eigenvalue weighted by Crippen LogP contribution is 1.91. The number of rotatable bonds is 4. The van der Waals surface area contributed by atoms with Gasteiger partial charge in [0.25, 0.3) is 0 Å². The van der Waals surface area contributed by atoms with Gasteiger partial charge in [-0.05, 0) is 6.92 Å². The highest BCUT2D eigenvalue weighted by atomic mass is 35.5. The molecule has 0 heterocycles. The van der Waals surface area contributed by atoms with Gasteiger partial charge in [0.15, 0.2) is 0 Å². The maximum atomic E-state index is 10.3. The summed E-state index contributed by atoms with van der Waals surface area (Å²) in [6.07, 6.45) is 2.41. The van der Waals surface area contributed by atoms with Crippen molar-refractivity contribution in [3.8, 4) is 0 Å². The van der Waals surface area contributed by atoms with Crippen LogP contribution in [-0.4, -0.2) is 18.5 Å². The Balaban J connectivity index is 3.52. The number of carbonyl (C=O) groups is 1. The smallest absolute Gasteiger partial charge is 0.148 e. The van der Waals surface area contributed by atoms with Gasteiger partial charge in [0, 0.05) is 12.4 Å². The van der Waals surface area contributed by atoms with E-state index in [0.29, 0.717) is 0 Å². The van der Waals surface area contributed by atoms with E-state index in [1.54, 1.807) is 0 Å². The van der Waals surface area contributed by atoms with Crippen molar-refractivity contribution < 1.29 is 4.79 Å². The predicted molar refractivity (Wildman–Crippen MR) is 41.4 cm³/mol. The summed E-state index contributed by atoms with van der Waals surface area (Å²) < 4.78 is 0. The van der Waals surface area contributed by atoms with Gasteiger partial charge in [0.1, 0.15) is 5.78 Å². The van der Waals surface area contributed by atoms with Gasteiger partial charge < -0.3 is 10.7 Å². The molecule has 56 valence electrons. The van der Waals surface area contributed by atoms with Crippen LogP contribution in [0.2, 0.25) is 0 Å². The Labute approximate surface area is 64.6 Å². The second kappa shape index (κ2) is 4.99. The van der Waals surface area contributed by atoms with Crippen molar-refractivity contribution in [3.63, 3.8) is 0 Å². The first-order valence-corrected chi connectivity index (χ1v) is 3.13. The van der Waals surface area contributed by atoms with Gasteiger partial charge >= 0.3 is 0 Å². The van der Waals surface area contributed by atoms with Gasteiger partial charge in [-0.2, -0.15) is 0 Å². The molecule has 0 aromatic heterocycles. The SMILES string of the molecule is CC(=O)CN/C=C(/Cl)C=N. The molecule has 0 spiro atoms. The van der Waals surface area contributed by atoms with Crippen LogP contribution in [0.4, 0.5) is 0 Å². The molecule has 0 saturated carbocycles. The average molecular weight is 161 g/mol. The molecule has 10 heavy (non-hydrogen) atoms. The van der Waals surface area contributed by atoms with E-state index in [1.165, 1.54) is 13.1 Å². The molecule has 0 unspecified atom stereocenters. The summed E-state index contributed by atoms with van der Waals surface area (Å²) >= 11 is 5.39. The summed E-state index contributed by atoms with van der Waals surface area (Å²) in [5, 5.41) is 9.56. The first-order chi connectivity index (χ1) is 4.66. The fourth-order valence-corrected chi connectivity index (χ4v) is 0.411. The Morgan fingerprint density at radius 1 is 1.80 bits per heavy atom.